The zero-order chi connectivity index (χ0) is 18.2. The van der Waals surface area contributed by atoms with Crippen molar-refractivity contribution in [3.8, 4) is 5.75 Å². The molecular formula is C22H20ClNO2. The van der Waals surface area contributed by atoms with Gasteiger partial charge in [0.1, 0.15) is 12.4 Å². The number of carbonyl (C=O) groups excluding carboxylic acids is 1. The molecule has 3 aromatic rings. The standard InChI is InChI=1S/C22H20ClNO2/c23-19-11-13-20(14-12-19)26-16-15-24-22(25)21(17-7-3-1-4-8-17)18-9-5-2-6-10-18/h1-14,21H,15-16H2,(H,24,25). The van der Waals surface area contributed by atoms with Gasteiger partial charge in [-0.3, -0.25) is 4.79 Å². The summed E-state index contributed by atoms with van der Waals surface area (Å²) in [7, 11) is 0. The molecular weight excluding hydrogens is 346 g/mol. The van der Waals surface area contributed by atoms with Crippen molar-refractivity contribution < 1.29 is 9.53 Å². The maximum atomic E-state index is 12.8. The van der Waals surface area contributed by atoms with E-state index in [1.54, 1.807) is 24.3 Å². The summed E-state index contributed by atoms with van der Waals surface area (Å²) in [4.78, 5) is 12.8. The minimum Gasteiger partial charge on any atom is -0.492 e. The van der Waals surface area contributed by atoms with Crippen LogP contribution < -0.4 is 10.1 Å². The number of nitrogens with one attached hydrogen (secondary N) is 1. The van der Waals surface area contributed by atoms with Crippen LogP contribution >= 0.6 is 11.6 Å². The van der Waals surface area contributed by atoms with Crippen LogP contribution in [0.1, 0.15) is 17.0 Å². The molecule has 0 saturated heterocycles. The van der Waals surface area contributed by atoms with Gasteiger partial charge >= 0.3 is 0 Å². The van der Waals surface area contributed by atoms with Gasteiger partial charge in [-0.25, -0.2) is 0 Å². The van der Waals surface area contributed by atoms with Crippen molar-refractivity contribution in [1.82, 2.24) is 5.32 Å². The summed E-state index contributed by atoms with van der Waals surface area (Å²) in [5.41, 5.74) is 1.93. The fourth-order valence-corrected chi connectivity index (χ4v) is 2.89. The van der Waals surface area contributed by atoms with Crippen molar-refractivity contribution in [1.29, 1.82) is 0 Å². The van der Waals surface area contributed by atoms with Crippen molar-refractivity contribution in [2.24, 2.45) is 0 Å². The zero-order valence-corrected chi connectivity index (χ0v) is 15.0. The number of rotatable bonds is 7. The lowest BCUT2D eigenvalue weighted by atomic mass is 9.90. The molecule has 0 atom stereocenters. The van der Waals surface area contributed by atoms with Crippen LogP contribution in [0.2, 0.25) is 5.02 Å². The highest BCUT2D eigenvalue weighted by Gasteiger charge is 2.21. The molecule has 0 bridgehead atoms. The average molecular weight is 366 g/mol. The molecule has 0 spiro atoms. The minimum absolute atomic E-state index is 0.0397. The molecule has 1 N–H and O–H groups in total. The molecule has 3 nitrogen and oxygen atoms in total. The first kappa shape index (κ1) is 18.0. The third-order valence-corrected chi connectivity index (χ3v) is 4.26. The van der Waals surface area contributed by atoms with Crippen LogP contribution in [0.4, 0.5) is 0 Å². The van der Waals surface area contributed by atoms with Gasteiger partial charge in [-0.15, -0.1) is 0 Å². The molecule has 26 heavy (non-hydrogen) atoms. The SMILES string of the molecule is O=C(NCCOc1ccc(Cl)cc1)C(c1ccccc1)c1ccccc1. The average Bonchev–Trinajstić information content (AvgIpc) is 2.68. The summed E-state index contributed by atoms with van der Waals surface area (Å²) in [6.07, 6.45) is 0. The van der Waals surface area contributed by atoms with Gasteiger partial charge in [-0.1, -0.05) is 72.3 Å². The minimum atomic E-state index is -0.340. The van der Waals surface area contributed by atoms with Crippen LogP contribution in [0, 0.1) is 0 Å². The molecule has 4 heteroatoms. The van der Waals surface area contributed by atoms with Crippen molar-refractivity contribution in [3.63, 3.8) is 0 Å². The molecule has 1 amide bonds. The lowest BCUT2D eigenvalue weighted by molar-refractivity contribution is -0.121. The van der Waals surface area contributed by atoms with E-state index in [0.717, 1.165) is 16.9 Å². The predicted octanol–water partition coefficient (Wildman–Crippen LogP) is 4.67. The van der Waals surface area contributed by atoms with Crippen molar-refractivity contribution >= 4 is 17.5 Å². The monoisotopic (exact) mass is 365 g/mol. The first-order valence-electron chi connectivity index (χ1n) is 8.50. The van der Waals surface area contributed by atoms with Gasteiger partial charge in [-0.2, -0.15) is 0 Å². The quantitative estimate of drug-likeness (QED) is 0.618. The van der Waals surface area contributed by atoms with Crippen LogP contribution in [-0.2, 0) is 4.79 Å². The van der Waals surface area contributed by atoms with Crippen LogP contribution in [-0.4, -0.2) is 19.1 Å². The molecule has 0 radical (unpaired) electrons. The second kappa shape index (κ2) is 9.07. The number of hydrogen-bond donors (Lipinski definition) is 1. The summed E-state index contributed by atoms with van der Waals surface area (Å²) < 4.78 is 5.63. The molecule has 132 valence electrons. The second-order valence-corrected chi connectivity index (χ2v) is 6.28. The number of ether oxygens (including phenoxy) is 1. The topological polar surface area (TPSA) is 38.3 Å². The van der Waals surface area contributed by atoms with Crippen molar-refractivity contribution in [2.75, 3.05) is 13.2 Å². The summed E-state index contributed by atoms with van der Waals surface area (Å²) >= 11 is 5.85. The molecule has 3 aromatic carbocycles. The highest BCUT2D eigenvalue weighted by atomic mass is 35.5. The van der Waals surface area contributed by atoms with E-state index in [4.69, 9.17) is 16.3 Å². The molecule has 0 saturated carbocycles. The Morgan fingerprint density at radius 2 is 1.38 bits per heavy atom. The van der Waals surface area contributed by atoms with Crippen LogP contribution in [0.3, 0.4) is 0 Å². The molecule has 0 aliphatic rings. The number of hydrogen-bond acceptors (Lipinski definition) is 2. The van der Waals surface area contributed by atoms with Crippen molar-refractivity contribution in [2.45, 2.75) is 5.92 Å². The number of carbonyl (C=O) groups is 1. The Morgan fingerprint density at radius 3 is 1.92 bits per heavy atom. The molecule has 0 aliphatic carbocycles. The van der Waals surface area contributed by atoms with Gasteiger partial charge in [-0.05, 0) is 35.4 Å². The van der Waals surface area contributed by atoms with Gasteiger partial charge in [0, 0.05) is 5.02 Å². The van der Waals surface area contributed by atoms with Gasteiger partial charge in [0.2, 0.25) is 5.91 Å². The van der Waals surface area contributed by atoms with Gasteiger partial charge < -0.3 is 10.1 Å². The van der Waals surface area contributed by atoms with Crippen LogP contribution in [0.5, 0.6) is 5.75 Å². The largest absolute Gasteiger partial charge is 0.492 e. The highest BCUT2D eigenvalue weighted by molar-refractivity contribution is 6.30. The summed E-state index contributed by atoms with van der Waals surface area (Å²) in [5.74, 6) is 0.348. The van der Waals surface area contributed by atoms with E-state index in [9.17, 15) is 4.79 Å². The summed E-state index contributed by atoms with van der Waals surface area (Å²) in [6, 6.07) is 26.7. The fourth-order valence-electron chi connectivity index (χ4n) is 2.76. The predicted molar refractivity (Wildman–Crippen MR) is 105 cm³/mol. The zero-order valence-electron chi connectivity index (χ0n) is 14.3. The first-order valence-corrected chi connectivity index (χ1v) is 8.88. The number of halogens is 1. The van der Waals surface area contributed by atoms with E-state index in [-0.39, 0.29) is 11.8 Å². The second-order valence-electron chi connectivity index (χ2n) is 5.85. The molecule has 0 aromatic heterocycles. The molecule has 0 heterocycles. The van der Waals surface area contributed by atoms with E-state index in [1.807, 2.05) is 60.7 Å². The molecule has 0 unspecified atom stereocenters. The third kappa shape index (κ3) is 4.87. The fraction of sp³-hybridized carbons (Fsp3) is 0.136. The van der Waals surface area contributed by atoms with E-state index >= 15 is 0 Å². The number of benzene rings is 3. The normalized spacial score (nSPS) is 10.5. The van der Waals surface area contributed by atoms with Crippen LogP contribution in [0.25, 0.3) is 0 Å². The Hall–Kier alpha value is -2.78. The Kier molecular flexibility index (Phi) is 6.29. The lowest BCUT2D eigenvalue weighted by Crippen LogP contribution is -2.33. The van der Waals surface area contributed by atoms with Gasteiger partial charge in [0.15, 0.2) is 0 Å². The lowest BCUT2D eigenvalue weighted by Gasteiger charge is -2.18. The van der Waals surface area contributed by atoms with Gasteiger partial charge in [0.05, 0.1) is 12.5 Å². The third-order valence-electron chi connectivity index (χ3n) is 4.01. The number of amides is 1. The Morgan fingerprint density at radius 1 is 0.846 bits per heavy atom. The highest BCUT2D eigenvalue weighted by Crippen LogP contribution is 2.24. The molecule has 0 fully saturated rings. The van der Waals surface area contributed by atoms with Crippen molar-refractivity contribution in [3.05, 3.63) is 101 Å². The Bertz CT molecular complexity index is 780. The molecule has 3 rings (SSSR count). The molecule has 0 aliphatic heterocycles. The van der Waals surface area contributed by atoms with E-state index < -0.39 is 0 Å². The Labute approximate surface area is 158 Å². The first-order chi connectivity index (χ1) is 12.7. The van der Waals surface area contributed by atoms with Gasteiger partial charge in [0.25, 0.3) is 0 Å². The maximum absolute atomic E-state index is 12.8. The van der Waals surface area contributed by atoms with E-state index in [2.05, 4.69) is 5.32 Å². The smallest absolute Gasteiger partial charge is 0.232 e. The van der Waals surface area contributed by atoms with E-state index in [0.29, 0.717) is 18.2 Å². The summed E-state index contributed by atoms with van der Waals surface area (Å²) in [5, 5.41) is 3.64. The maximum Gasteiger partial charge on any atom is 0.232 e. The van der Waals surface area contributed by atoms with Crippen LogP contribution in [0.15, 0.2) is 84.9 Å². The van der Waals surface area contributed by atoms with E-state index in [1.165, 1.54) is 0 Å². The summed E-state index contributed by atoms with van der Waals surface area (Å²) in [6.45, 7) is 0.821. The Balaban J connectivity index is 1.62.